The summed E-state index contributed by atoms with van der Waals surface area (Å²) < 4.78 is 4.70. The lowest BCUT2D eigenvalue weighted by Crippen LogP contribution is -2.61. The zero-order valence-corrected chi connectivity index (χ0v) is 7.29. The second-order valence-electron chi connectivity index (χ2n) is 2.78. The molecule has 0 spiro atoms. The van der Waals surface area contributed by atoms with E-state index in [1.807, 2.05) is 5.32 Å². The van der Waals surface area contributed by atoms with Crippen LogP contribution in [0.1, 0.15) is 13.8 Å². The Hall–Kier alpha value is -1.59. The highest BCUT2D eigenvalue weighted by atomic mass is 16.5. The van der Waals surface area contributed by atoms with Gasteiger partial charge in [0.25, 0.3) is 5.91 Å². The van der Waals surface area contributed by atoms with Crippen molar-refractivity contribution in [1.82, 2.24) is 10.6 Å². The van der Waals surface area contributed by atoms with Gasteiger partial charge in [-0.2, -0.15) is 0 Å². The van der Waals surface area contributed by atoms with Crippen LogP contribution in [-0.2, 0) is 14.3 Å². The summed E-state index contributed by atoms with van der Waals surface area (Å²) >= 11 is 0. The largest absolute Gasteiger partial charge is 0.450 e. The Kier molecular flexibility index (Phi) is 2.50. The van der Waals surface area contributed by atoms with Gasteiger partial charge in [-0.1, -0.05) is 0 Å². The van der Waals surface area contributed by atoms with Crippen molar-refractivity contribution in [3.63, 3.8) is 0 Å². The molecule has 1 saturated heterocycles. The molecule has 2 N–H and O–H groups in total. The van der Waals surface area contributed by atoms with Crippen molar-refractivity contribution >= 4 is 17.9 Å². The molecule has 0 bridgehead atoms. The number of carbonyl (C=O) groups is 3. The lowest BCUT2D eigenvalue weighted by molar-refractivity contribution is -0.155. The van der Waals surface area contributed by atoms with Crippen LogP contribution in [0.5, 0.6) is 0 Å². The molecular weight excluding hydrogens is 176 g/mol. The number of ether oxygens (including phenoxy) is 1. The third kappa shape index (κ3) is 2.17. The highest BCUT2D eigenvalue weighted by Crippen LogP contribution is 2.04. The molecule has 0 unspecified atom stereocenters. The van der Waals surface area contributed by atoms with Gasteiger partial charge in [0, 0.05) is 6.92 Å². The zero-order chi connectivity index (χ0) is 10.0. The van der Waals surface area contributed by atoms with Crippen molar-refractivity contribution in [2.45, 2.75) is 26.0 Å². The van der Waals surface area contributed by atoms with E-state index in [4.69, 9.17) is 4.74 Å². The Morgan fingerprint density at radius 3 is 2.54 bits per heavy atom. The summed E-state index contributed by atoms with van der Waals surface area (Å²) in [6.07, 6.45) is -0.935. The number of nitrogens with one attached hydrogen (secondary N) is 2. The summed E-state index contributed by atoms with van der Waals surface area (Å²) in [5.74, 6) is -1.14. The van der Waals surface area contributed by atoms with Crippen molar-refractivity contribution in [2.24, 2.45) is 0 Å². The van der Waals surface area contributed by atoms with E-state index in [1.54, 1.807) is 6.92 Å². The fourth-order valence-electron chi connectivity index (χ4n) is 1.06. The van der Waals surface area contributed by atoms with Crippen molar-refractivity contribution in [3.8, 4) is 0 Å². The third-order valence-corrected chi connectivity index (χ3v) is 1.60. The first-order valence-corrected chi connectivity index (χ1v) is 3.79. The summed E-state index contributed by atoms with van der Waals surface area (Å²) in [6.45, 7) is 2.79. The summed E-state index contributed by atoms with van der Waals surface area (Å²) in [4.78, 5) is 32.4. The van der Waals surface area contributed by atoms with Gasteiger partial charge in [-0.15, -0.1) is 0 Å². The Morgan fingerprint density at radius 2 is 2.08 bits per heavy atom. The lowest BCUT2D eigenvalue weighted by Gasteiger charge is -2.27. The summed E-state index contributed by atoms with van der Waals surface area (Å²) in [5, 5.41) is 4.42. The first-order valence-electron chi connectivity index (χ1n) is 3.79. The lowest BCUT2D eigenvalue weighted by atomic mass is 10.1. The molecule has 0 aliphatic carbocycles. The Morgan fingerprint density at radius 1 is 1.46 bits per heavy atom. The van der Waals surface area contributed by atoms with Crippen molar-refractivity contribution < 1.29 is 19.1 Å². The van der Waals surface area contributed by atoms with Gasteiger partial charge in [0.05, 0.1) is 6.04 Å². The molecule has 6 nitrogen and oxygen atoms in total. The van der Waals surface area contributed by atoms with Gasteiger partial charge in [-0.3, -0.25) is 14.9 Å². The normalized spacial score (nSPS) is 27.5. The molecule has 0 aromatic rings. The first kappa shape index (κ1) is 9.50. The number of hydrogen-bond donors (Lipinski definition) is 2. The van der Waals surface area contributed by atoms with E-state index in [0.717, 1.165) is 0 Å². The molecule has 0 radical (unpaired) electrons. The fraction of sp³-hybridized carbons (Fsp3) is 0.571. The molecule has 1 aliphatic heterocycles. The molecule has 1 aliphatic rings. The van der Waals surface area contributed by atoms with Crippen LogP contribution in [0.4, 0.5) is 4.79 Å². The van der Waals surface area contributed by atoms with E-state index < -0.39 is 30.1 Å². The smallest absolute Gasteiger partial charge is 0.321 e. The van der Waals surface area contributed by atoms with Gasteiger partial charge in [-0.05, 0) is 6.92 Å². The number of esters is 1. The van der Waals surface area contributed by atoms with Crippen LogP contribution in [0.3, 0.4) is 0 Å². The maximum Gasteiger partial charge on any atom is 0.321 e. The van der Waals surface area contributed by atoms with Crippen LogP contribution in [0.15, 0.2) is 0 Å². The van der Waals surface area contributed by atoms with Gasteiger partial charge >= 0.3 is 12.0 Å². The number of hydrogen-bond acceptors (Lipinski definition) is 4. The van der Waals surface area contributed by atoms with Crippen LogP contribution in [-0.4, -0.2) is 30.1 Å². The molecule has 0 aromatic heterocycles. The molecule has 1 fully saturated rings. The van der Waals surface area contributed by atoms with Crippen molar-refractivity contribution in [3.05, 3.63) is 0 Å². The molecule has 1 rings (SSSR count). The van der Waals surface area contributed by atoms with E-state index in [9.17, 15) is 14.4 Å². The Balaban J connectivity index is 2.67. The maximum atomic E-state index is 11.1. The molecule has 13 heavy (non-hydrogen) atoms. The number of carbonyl (C=O) groups excluding carboxylic acids is 3. The van der Waals surface area contributed by atoms with E-state index in [0.29, 0.717) is 0 Å². The van der Waals surface area contributed by atoms with Crippen LogP contribution >= 0.6 is 0 Å². The van der Waals surface area contributed by atoms with E-state index >= 15 is 0 Å². The van der Waals surface area contributed by atoms with Gasteiger partial charge in [-0.25, -0.2) is 4.79 Å². The van der Waals surface area contributed by atoms with Crippen LogP contribution < -0.4 is 10.6 Å². The van der Waals surface area contributed by atoms with Crippen LogP contribution in [0.2, 0.25) is 0 Å². The average molecular weight is 186 g/mol. The quantitative estimate of drug-likeness (QED) is 0.522. The van der Waals surface area contributed by atoms with Crippen LogP contribution in [0, 0.1) is 0 Å². The second kappa shape index (κ2) is 3.42. The molecule has 0 saturated carbocycles. The highest BCUT2D eigenvalue weighted by Gasteiger charge is 2.34. The summed E-state index contributed by atoms with van der Waals surface area (Å²) in [6, 6.07) is -1.06. The highest BCUT2D eigenvalue weighted by molar-refractivity contribution is 6.00. The number of amides is 3. The standard InChI is InChI=1S/C7H10N2O4/c1-3-5(13-4(2)10)6(11)9-7(12)8-3/h3,5H,1-2H3,(H2,8,9,11,12)/t3-,5+/m1/s1. The molecule has 6 heteroatoms. The van der Waals surface area contributed by atoms with Gasteiger partial charge < -0.3 is 10.1 Å². The summed E-state index contributed by atoms with van der Waals surface area (Å²) in [5.41, 5.74) is 0. The topological polar surface area (TPSA) is 84.5 Å². The van der Waals surface area contributed by atoms with E-state index in [1.165, 1.54) is 6.92 Å². The van der Waals surface area contributed by atoms with Crippen LogP contribution in [0.25, 0.3) is 0 Å². The second-order valence-corrected chi connectivity index (χ2v) is 2.78. The molecule has 72 valence electrons. The fourth-order valence-corrected chi connectivity index (χ4v) is 1.06. The zero-order valence-electron chi connectivity index (χ0n) is 7.29. The third-order valence-electron chi connectivity index (χ3n) is 1.60. The monoisotopic (exact) mass is 186 g/mol. The predicted octanol–water partition coefficient (Wildman–Crippen LogP) is -0.854. The van der Waals surface area contributed by atoms with Gasteiger partial charge in [0.2, 0.25) is 0 Å². The summed E-state index contributed by atoms with van der Waals surface area (Å²) in [7, 11) is 0. The predicted molar refractivity (Wildman–Crippen MR) is 41.7 cm³/mol. The molecule has 1 heterocycles. The maximum absolute atomic E-state index is 11.1. The minimum Gasteiger partial charge on any atom is -0.450 e. The molecule has 0 aromatic carbocycles. The van der Waals surface area contributed by atoms with Gasteiger partial charge in [0.1, 0.15) is 0 Å². The SMILES string of the molecule is CC(=O)O[C@@H]1C(=O)NC(=O)N[C@@H]1C. The minimum atomic E-state index is -0.935. The molecule has 3 amide bonds. The first-order chi connectivity index (χ1) is 6.00. The number of urea groups is 1. The minimum absolute atomic E-state index is 0.495. The molecular formula is C7H10N2O4. The van der Waals surface area contributed by atoms with Gasteiger partial charge in [0.15, 0.2) is 6.10 Å². The van der Waals surface area contributed by atoms with E-state index in [2.05, 4.69) is 5.32 Å². The van der Waals surface area contributed by atoms with Crippen molar-refractivity contribution in [1.29, 1.82) is 0 Å². The van der Waals surface area contributed by atoms with Crippen molar-refractivity contribution in [2.75, 3.05) is 0 Å². The number of imide groups is 1. The molecule has 2 atom stereocenters. The Labute approximate surface area is 74.6 Å². The average Bonchev–Trinajstić information content (AvgIpc) is 1.96. The Bertz CT molecular complexity index is 263. The van der Waals surface area contributed by atoms with E-state index in [-0.39, 0.29) is 0 Å². The number of rotatable bonds is 1.